The van der Waals surface area contributed by atoms with Crippen molar-refractivity contribution >= 4 is 0 Å². The molecule has 0 aliphatic heterocycles. The molecule has 0 saturated carbocycles. The molecule has 0 spiro atoms. The minimum absolute atomic E-state index is 1.14. The molecule has 0 heterocycles. The monoisotopic (exact) mass is 110 g/mol. The quantitative estimate of drug-likeness (QED) is 0.479. The van der Waals surface area contributed by atoms with Gasteiger partial charge >= 0.3 is 0 Å². The number of hydrogen-bond donors (Lipinski definition) is 0. The average molecular weight is 110 g/mol. The van der Waals surface area contributed by atoms with Gasteiger partial charge in [0.1, 0.15) is 0 Å². The highest BCUT2D eigenvalue weighted by atomic mass is 13.9. The van der Waals surface area contributed by atoms with E-state index in [9.17, 15) is 0 Å². The molecule has 0 aromatic heterocycles. The first-order valence-electron chi connectivity index (χ1n) is 3.13. The predicted molar refractivity (Wildman–Crippen MR) is 38.9 cm³/mol. The largest absolute Gasteiger partial charge is 0.0874 e. The molecule has 0 aliphatic carbocycles. The maximum absolute atomic E-state index is 2.16. The molecular weight excluding hydrogens is 96.1 g/mol. The standard InChI is InChI=1S/C8H14/c1-4-7-8(5-2)6-3/h4-5,7H,6H2,1-3H3/b7-4-,8-5+. The maximum Gasteiger partial charge on any atom is -0.0311 e. The van der Waals surface area contributed by atoms with Gasteiger partial charge in [0.2, 0.25) is 0 Å². The summed E-state index contributed by atoms with van der Waals surface area (Å²) in [5, 5.41) is 0. The van der Waals surface area contributed by atoms with E-state index in [1.165, 1.54) is 5.57 Å². The minimum Gasteiger partial charge on any atom is -0.0874 e. The minimum atomic E-state index is 1.14. The Morgan fingerprint density at radius 1 is 1.38 bits per heavy atom. The Morgan fingerprint density at radius 3 is 2.12 bits per heavy atom. The van der Waals surface area contributed by atoms with E-state index in [-0.39, 0.29) is 0 Å². The molecule has 0 fully saturated rings. The van der Waals surface area contributed by atoms with Crippen LogP contribution in [0.3, 0.4) is 0 Å². The molecule has 0 atom stereocenters. The van der Waals surface area contributed by atoms with Crippen molar-refractivity contribution in [2.45, 2.75) is 27.2 Å². The van der Waals surface area contributed by atoms with Gasteiger partial charge in [-0.05, 0) is 20.3 Å². The summed E-state index contributed by atoms with van der Waals surface area (Å²) in [6.07, 6.45) is 7.49. The van der Waals surface area contributed by atoms with E-state index < -0.39 is 0 Å². The van der Waals surface area contributed by atoms with Gasteiger partial charge in [0.05, 0.1) is 0 Å². The molecule has 0 heteroatoms. The van der Waals surface area contributed by atoms with Gasteiger partial charge in [-0.25, -0.2) is 0 Å². The normalized spacial score (nSPS) is 13.1. The van der Waals surface area contributed by atoms with E-state index >= 15 is 0 Å². The molecule has 0 amide bonds. The van der Waals surface area contributed by atoms with Crippen LogP contribution >= 0.6 is 0 Å². The molecule has 0 bridgehead atoms. The summed E-state index contributed by atoms with van der Waals surface area (Å²) in [6.45, 7) is 6.27. The fourth-order valence-corrected chi connectivity index (χ4v) is 0.632. The zero-order valence-corrected chi connectivity index (χ0v) is 5.94. The second kappa shape index (κ2) is 4.63. The first kappa shape index (κ1) is 7.48. The van der Waals surface area contributed by atoms with Crippen molar-refractivity contribution in [3.63, 3.8) is 0 Å². The van der Waals surface area contributed by atoms with Gasteiger partial charge in [-0.15, -0.1) is 0 Å². The van der Waals surface area contributed by atoms with Gasteiger partial charge in [0.25, 0.3) is 0 Å². The van der Waals surface area contributed by atoms with Crippen LogP contribution in [0.1, 0.15) is 27.2 Å². The van der Waals surface area contributed by atoms with Crippen LogP contribution < -0.4 is 0 Å². The second-order valence-corrected chi connectivity index (χ2v) is 1.72. The molecule has 0 aromatic carbocycles. The van der Waals surface area contributed by atoms with E-state index in [4.69, 9.17) is 0 Å². The Labute approximate surface area is 51.9 Å². The van der Waals surface area contributed by atoms with Crippen LogP contribution in [-0.4, -0.2) is 0 Å². The van der Waals surface area contributed by atoms with Crippen molar-refractivity contribution in [1.29, 1.82) is 0 Å². The fourth-order valence-electron chi connectivity index (χ4n) is 0.632. The third-order valence-electron chi connectivity index (χ3n) is 1.16. The van der Waals surface area contributed by atoms with Crippen LogP contribution in [0.5, 0.6) is 0 Å². The smallest absolute Gasteiger partial charge is 0.0311 e. The van der Waals surface area contributed by atoms with Gasteiger partial charge in [-0.3, -0.25) is 0 Å². The van der Waals surface area contributed by atoms with Crippen LogP contribution in [0, 0.1) is 0 Å². The Balaban J connectivity index is 3.72. The van der Waals surface area contributed by atoms with E-state index in [1.807, 2.05) is 6.92 Å². The van der Waals surface area contributed by atoms with Crippen LogP contribution in [0.25, 0.3) is 0 Å². The van der Waals surface area contributed by atoms with Crippen molar-refractivity contribution in [2.24, 2.45) is 0 Å². The molecular formula is C8H14. The Morgan fingerprint density at radius 2 is 2.00 bits per heavy atom. The lowest BCUT2D eigenvalue weighted by Crippen LogP contribution is -1.69. The molecule has 8 heavy (non-hydrogen) atoms. The molecule has 0 N–H and O–H groups in total. The van der Waals surface area contributed by atoms with Crippen molar-refractivity contribution in [1.82, 2.24) is 0 Å². The molecule has 0 rings (SSSR count). The molecule has 0 saturated heterocycles. The highest BCUT2D eigenvalue weighted by Crippen LogP contribution is 2.00. The summed E-state index contributed by atoms with van der Waals surface area (Å²) in [5.41, 5.74) is 1.41. The molecule has 0 radical (unpaired) electrons. The Kier molecular flexibility index (Phi) is 4.33. The molecule has 0 nitrogen and oxygen atoms in total. The van der Waals surface area contributed by atoms with Crippen molar-refractivity contribution in [2.75, 3.05) is 0 Å². The molecule has 0 unspecified atom stereocenters. The highest BCUT2D eigenvalue weighted by Gasteiger charge is 1.79. The fraction of sp³-hybridized carbons (Fsp3) is 0.500. The summed E-state index contributed by atoms with van der Waals surface area (Å²) < 4.78 is 0. The van der Waals surface area contributed by atoms with Gasteiger partial charge in [-0.1, -0.05) is 30.7 Å². The second-order valence-electron chi connectivity index (χ2n) is 1.72. The molecule has 0 aliphatic rings. The highest BCUT2D eigenvalue weighted by molar-refractivity contribution is 5.16. The predicted octanol–water partition coefficient (Wildman–Crippen LogP) is 2.92. The van der Waals surface area contributed by atoms with E-state index in [1.54, 1.807) is 0 Å². The van der Waals surface area contributed by atoms with Gasteiger partial charge in [0.15, 0.2) is 0 Å². The van der Waals surface area contributed by atoms with Gasteiger partial charge in [0, 0.05) is 0 Å². The van der Waals surface area contributed by atoms with Crippen molar-refractivity contribution in [3.8, 4) is 0 Å². The summed E-state index contributed by atoms with van der Waals surface area (Å²) in [6, 6.07) is 0. The molecule has 0 aromatic rings. The summed E-state index contributed by atoms with van der Waals surface area (Å²) in [5.74, 6) is 0. The molecule has 46 valence electrons. The summed E-state index contributed by atoms with van der Waals surface area (Å²) >= 11 is 0. The SMILES string of the molecule is C/C=C\C(=C\C)CC. The first-order valence-corrected chi connectivity index (χ1v) is 3.13. The number of rotatable bonds is 2. The van der Waals surface area contributed by atoms with Gasteiger partial charge < -0.3 is 0 Å². The Bertz CT molecular complexity index is 93.9. The topological polar surface area (TPSA) is 0 Å². The lowest BCUT2D eigenvalue weighted by atomic mass is 10.2. The number of hydrogen-bond acceptors (Lipinski definition) is 0. The third-order valence-corrected chi connectivity index (χ3v) is 1.16. The van der Waals surface area contributed by atoms with Crippen LogP contribution in [-0.2, 0) is 0 Å². The van der Waals surface area contributed by atoms with E-state index in [0.717, 1.165) is 6.42 Å². The summed E-state index contributed by atoms with van der Waals surface area (Å²) in [4.78, 5) is 0. The van der Waals surface area contributed by atoms with Gasteiger partial charge in [-0.2, -0.15) is 0 Å². The Hall–Kier alpha value is -0.520. The maximum atomic E-state index is 2.16. The average Bonchev–Trinajstić information content (AvgIpc) is 1.83. The number of allylic oxidation sites excluding steroid dienone is 4. The first-order chi connectivity index (χ1) is 3.85. The third kappa shape index (κ3) is 2.62. The zero-order valence-electron chi connectivity index (χ0n) is 5.94. The van der Waals surface area contributed by atoms with E-state index in [2.05, 4.69) is 32.1 Å². The lowest BCUT2D eigenvalue weighted by molar-refractivity contribution is 1.14. The van der Waals surface area contributed by atoms with Crippen molar-refractivity contribution < 1.29 is 0 Å². The van der Waals surface area contributed by atoms with Crippen LogP contribution in [0.15, 0.2) is 23.8 Å². The zero-order chi connectivity index (χ0) is 6.41. The van der Waals surface area contributed by atoms with E-state index in [0.29, 0.717) is 0 Å². The van der Waals surface area contributed by atoms with Crippen LogP contribution in [0.2, 0.25) is 0 Å². The van der Waals surface area contributed by atoms with Crippen LogP contribution in [0.4, 0.5) is 0 Å². The lowest BCUT2D eigenvalue weighted by Gasteiger charge is -1.90. The summed E-state index contributed by atoms with van der Waals surface area (Å²) in [7, 11) is 0. The van der Waals surface area contributed by atoms with Crippen molar-refractivity contribution in [3.05, 3.63) is 23.8 Å².